The number of nitrogens with zero attached hydrogens (tertiary/aromatic N) is 4. The van der Waals surface area contributed by atoms with Crippen molar-refractivity contribution in [1.82, 2.24) is 19.5 Å². The molecule has 2 fully saturated rings. The first kappa shape index (κ1) is 18.3. The van der Waals surface area contributed by atoms with Gasteiger partial charge in [0.05, 0.1) is 18.3 Å². The minimum atomic E-state index is -0.384. The number of carbonyl (C=O) groups excluding carboxylic acids is 2. The number of likely N-dealkylation sites (N-methyl/N-ethyl adjacent to an activating group) is 1. The molecule has 3 aromatic rings. The van der Waals surface area contributed by atoms with E-state index in [2.05, 4.69) is 20.7 Å². The summed E-state index contributed by atoms with van der Waals surface area (Å²) in [5.41, 5.74) is 1.81. The molecule has 3 heterocycles. The zero-order chi connectivity index (χ0) is 20.8. The predicted octanol–water partition coefficient (Wildman–Crippen LogP) is 2.96. The molecule has 152 valence electrons. The van der Waals surface area contributed by atoms with Gasteiger partial charge in [-0.15, -0.1) is 0 Å². The Bertz CT molecular complexity index is 1210. The molecular formula is C21H19FN6O2. The summed E-state index contributed by atoms with van der Waals surface area (Å²) in [5, 5.41) is 10.8. The lowest BCUT2D eigenvalue weighted by Gasteiger charge is -2.12. The van der Waals surface area contributed by atoms with Crippen LogP contribution < -0.4 is 10.6 Å². The van der Waals surface area contributed by atoms with Gasteiger partial charge in [-0.1, -0.05) is 12.1 Å². The van der Waals surface area contributed by atoms with Crippen molar-refractivity contribution in [3.63, 3.8) is 0 Å². The van der Waals surface area contributed by atoms with Crippen LogP contribution in [0, 0.1) is 5.82 Å². The van der Waals surface area contributed by atoms with Crippen LogP contribution in [0.2, 0.25) is 0 Å². The van der Waals surface area contributed by atoms with Crippen molar-refractivity contribution >= 4 is 40.9 Å². The largest absolute Gasteiger partial charge is 0.367 e. The molecule has 2 aliphatic rings. The lowest BCUT2D eigenvalue weighted by Crippen LogP contribution is -2.23. The van der Waals surface area contributed by atoms with E-state index in [1.807, 2.05) is 0 Å². The quantitative estimate of drug-likeness (QED) is 0.500. The van der Waals surface area contributed by atoms with Gasteiger partial charge in [-0.3, -0.25) is 14.5 Å². The predicted molar refractivity (Wildman–Crippen MR) is 110 cm³/mol. The molecule has 1 saturated carbocycles. The fourth-order valence-corrected chi connectivity index (χ4v) is 3.37. The fraction of sp³-hybridized carbons (Fsp3) is 0.238. The van der Waals surface area contributed by atoms with Crippen LogP contribution in [-0.2, 0) is 9.59 Å². The first-order valence-electron chi connectivity index (χ1n) is 9.68. The Kier molecular flexibility index (Phi) is 4.23. The Morgan fingerprint density at radius 2 is 2.03 bits per heavy atom. The van der Waals surface area contributed by atoms with Crippen LogP contribution >= 0.6 is 0 Å². The lowest BCUT2D eigenvalue weighted by molar-refractivity contribution is -0.135. The summed E-state index contributed by atoms with van der Waals surface area (Å²) in [5.74, 6) is 0.216. The highest BCUT2D eigenvalue weighted by Crippen LogP contribution is 2.29. The first-order chi connectivity index (χ1) is 14.5. The van der Waals surface area contributed by atoms with Gasteiger partial charge in [0.2, 0.25) is 5.91 Å². The number of anilines is 3. The highest BCUT2D eigenvalue weighted by Gasteiger charge is 2.31. The molecule has 0 unspecified atom stereocenters. The smallest absolute Gasteiger partial charge is 0.256 e. The third-order valence-corrected chi connectivity index (χ3v) is 5.19. The molecule has 0 radical (unpaired) electrons. The van der Waals surface area contributed by atoms with Crippen molar-refractivity contribution in [3.8, 4) is 0 Å². The van der Waals surface area contributed by atoms with Crippen LogP contribution in [0.1, 0.15) is 24.8 Å². The van der Waals surface area contributed by atoms with E-state index in [0.717, 1.165) is 23.6 Å². The van der Waals surface area contributed by atoms with Crippen molar-refractivity contribution in [2.24, 2.45) is 0 Å². The van der Waals surface area contributed by atoms with E-state index in [1.165, 1.54) is 13.1 Å². The number of nitrogens with one attached hydrogen (secondary N) is 2. The summed E-state index contributed by atoms with van der Waals surface area (Å²) >= 11 is 0. The second-order valence-corrected chi connectivity index (χ2v) is 7.49. The van der Waals surface area contributed by atoms with Crippen LogP contribution in [0.25, 0.3) is 11.7 Å². The number of halogens is 1. The second kappa shape index (κ2) is 6.94. The van der Waals surface area contributed by atoms with Crippen molar-refractivity contribution in [3.05, 3.63) is 53.5 Å². The maximum Gasteiger partial charge on any atom is 0.256 e. The summed E-state index contributed by atoms with van der Waals surface area (Å²) in [6.45, 7) is 0. The molecule has 1 aromatic carbocycles. The van der Waals surface area contributed by atoms with Gasteiger partial charge in [-0.05, 0) is 31.1 Å². The molecule has 0 bridgehead atoms. The Labute approximate surface area is 171 Å². The number of fused-ring (bicyclic) bond motifs is 1. The fourth-order valence-electron chi connectivity index (χ4n) is 3.37. The Morgan fingerprint density at radius 1 is 1.23 bits per heavy atom. The minimum Gasteiger partial charge on any atom is -0.367 e. The van der Waals surface area contributed by atoms with Gasteiger partial charge in [-0.2, -0.15) is 9.61 Å². The van der Waals surface area contributed by atoms with Crippen molar-refractivity contribution in [1.29, 1.82) is 0 Å². The number of carbonyl (C=O) groups is 2. The van der Waals surface area contributed by atoms with Gasteiger partial charge in [0.15, 0.2) is 5.65 Å². The molecule has 30 heavy (non-hydrogen) atoms. The molecule has 2 amide bonds. The number of hydrogen-bond donors (Lipinski definition) is 2. The van der Waals surface area contributed by atoms with E-state index in [1.54, 1.807) is 41.1 Å². The zero-order valence-corrected chi connectivity index (χ0v) is 16.2. The summed E-state index contributed by atoms with van der Waals surface area (Å²) in [6, 6.07) is 8.51. The van der Waals surface area contributed by atoms with Gasteiger partial charge in [0.1, 0.15) is 17.5 Å². The molecule has 8 nitrogen and oxygen atoms in total. The zero-order valence-electron chi connectivity index (χ0n) is 16.2. The monoisotopic (exact) mass is 406 g/mol. The number of benzene rings is 1. The van der Waals surface area contributed by atoms with Gasteiger partial charge in [-0.25, -0.2) is 9.37 Å². The Morgan fingerprint density at radius 3 is 2.73 bits per heavy atom. The summed E-state index contributed by atoms with van der Waals surface area (Å²) in [7, 11) is 1.47. The van der Waals surface area contributed by atoms with Gasteiger partial charge < -0.3 is 10.6 Å². The van der Waals surface area contributed by atoms with E-state index in [4.69, 9.17) is 0 Å². The summed E-state index contributed by atoms with van der Waals surface area (Å²) in [4.78, 5) is 29.8. The van der Waals surface area contributed by atoms with Crippen LogP contribution in [-0.4, -0.2) is 44.4 Å². The van der Waals surface area contributed by atoms with Crippen molar-refractivity contribution in [2.75, 3.05) is 17.7 Å². The SMILES string of the molecule is CN1C(=O)C/C(=C\c2cnn3c(NC4CC4)cc(Nc4ccccc4F)nc23)C1=O. The summed E-state index contributed by atoms with van der Waals surface area (Å²) < 4.78 is 15.8. The number of aromatic nitrogens is 3. The molecular weight excluding hydrogens is 387 g/mol. The van der Waals surface area contributed by atoms with Crippen LogP contribution in [0.3, 0.4) is 0 Å². The van der Waals surface area contributed by atoms with Crippen LogP contribution in [0.4, 0.5) is 21.7 Å². The number of amides is 2. The van der Waals surface area contributed by atoms with E-state index in [0.29, 0.717) is 34.3 Å². The maximum absolute atomic E-state index is 14.1. The molecule has 5 rings (SSSR count). The maximum atomic E-state index is 14.1. The molecule has 0 atom stereocenters. The van der Waals surface area contributed by atoms with Crippen LogP contribution in [0.15, 0.2) is 42.1 Å². The van der Waals surface area contributed by atoms with Crippen molar-refractivity contribution < 1.29 is 14.0 Å². The number of likely N-dealkylation sites (tertiary alicyclic amines) is 1. The van der Waals surface area contributed by atoms with Gasteiger partial charge >= 0.3 is 0 Å². The Balaban J connectivity index is 1.58. The number of imide groups is 1. The Hall–Kier alpha value is -3.75. The molecule has 1 saturated heterocycles. The minimum absolute atomic E-state index is 0.0486. The molecule has 1 aliphatic carbocycles. The van der Waals surface area contributed by atoms with E-state index in [9.17, 15) is 14.0 Å². The molecule has 1 aliphatic heterocycles. The van der Waals surface area contributed by atoms with Crippen LogP contribution in [0.5, 0.6) is 0 Å². The average molecular weight is 406 g/mol. The van der Waals surface area contributed by atoms with Gasteiger partial charge in [0.25, 0.3) is 5.91 Å². The molecule has 0 spiro atoms. The third-order valence-electron chi connectivity index (χ3n) is 5.19. The lowest BCUT2D eigenvalue weighted by atomic mass is 10.1. The average Bonchev–Trinajstić information content (AvgIpc) is 3.41. The standard InChI is InChI=1S/C21H19FN6O2/c1-27-19(29)9-12(21(27)30)8-13-11-23-28-18(24-14-6-7-14)10-17(26-20(13)28)25-16-5-3-2-4-15(16)22/h2-5,8,10-11,14,24H,6-7,9H2,1H3,(H,25,26)/b12-8+. The number of rotatable bonds is 5. The summed E-state index contributed by atoms with van der Waals surface area (Å²) in [6.07, 6.45) is 5.44. The first-order valence-corrected chi connectivity index (χ1v) is 9.68. The molecule has 2 aromatic heterocycles. The van der Waals surface area contributed by atoms with E-state index >= 15 is 0 Å². The van der Waals surface area contributed by atoms with Crippen molar-refractivity contribution in [2.45, 2.75) is 25.3 Å². The third kappa shape index (κ3) is 3.28. The topological polar surface area (TPSA) is 91.6 Å². The highest BCUT2D eigenvalue weighted by molar-refractivity contribution is 6.15. The second-order valence-electron chi connectivity index (χ2n) is 7.49. The van der Waals surface area contributed by atoms with Gasteiger partial charge in [0, 0.05) is 30.3 Å². The van der Waals surface area contributed by atoms with E-state index < -0.39 is 0 Å². The molecule has 9 heteroatoms. The van der Waals surface area contributed by atoms with E-state index in [-0.39, 0.29) is 24.1 Å². The highest BCUT2D eigenvalue weighted by atomic mass is 19.1. The normalized spacial score (nSPS) is 17.9. The molecule has 2 N–H and O–H groups in total. The number of para-hydroxylation sites is 1. The number of hydrogen-bond acceptors (Lipinski definition) is 6.